The smallest absolute Gasteiger partial charge is 0.480 e. The lowest BCUT2D eigenvalue weighted by Crippen LogP contribution is -2.41. The van der Waals surface area contributed by atoms with E-state index in [0.29, 0.717) is 30.5 Å². The Labute approximate surface area is 152 Å². The van der Waals surface area contributed by atoms with Gasteiger partial charge in [0.05, 0.1) is 6.61 Å². The molecule has 3 N–H and O–H groups in total. The number of carbonyl (C=O) groups is 2. The first-order valence-corrected chi connectivity index (χ1v) is 8.54. The van der Waals surface area contributed by atoms with Crippen molar-refractivity contribution >= 4 is 24.5 Å². The molecule has 3 rings (SSSR count). The number of benzene rings is 2. The first-order chi connectivity index (χ1) is 12.5. The van der Waals surface area contributed by atoms with Crippen LogP contribution in [0.4, 0.5) is 0 Å². The van der Waals surface area contributed by atoms with E-state index in [9.17, 15) is 19.7 Å². The fraction of sp³-hybridized carbons (Fsp3) is 0.263. The molecule has 1 heterocycles. The molecule has 0 spiro atoms. The highest BCUT2D eigenvalue weighted by Crippen LogP contribution is 2.12. The van der Waals surface area contributed by atoms with Crippen LogP contribution >= 0.6 is 0 Å². The Bertz CT molecular complexity index is 796. The zero-order valence-electron chi connectivity index (χ0n) is 14.2. The normalized spacial score (nSPS) is 14.0. The maximum absolute atomic E-state index is 12.4. The van der Waals surface area contributed by atoms with Crippen LogP contribution in [0.15, 0.2) is 48.5 Å². The molecule has 0 aromatic heterocycles. The standard InChI is InChI=1S/C19H20BNO5/c22-18(14-9-10-15-12-26-20(25)16(15)11-14)21-17(19(23)24)8-4-7-13-5-2-1-3-6-13/h1-3,5-6,9-11,17,25H,4,7-8,12H2,(H,21,22)(H,23,24). The molecule has 0 saturated heterocycles. The molecule has 1 atom stereocenters. The third-order valence-electron chi connectivity index (χ3n) is 4.48. The monoisotopic (exact) mass is 353 g/mol. The van der Waals surface area contributed by atoms with Crippen LogP contribution in [-0.2, 0) is 22.5 Å². The fourth-order valence-corrected chi connectivity index (χ4v) is 3.01. The molecular formula is C19H20BNO5. The number of amides is 1. The maximum Gasteiger partial charge on any atom is 0.491 e. The molecule has 2 aromatic rings. The molecule has 0 bridgehead atoms. The van der Waals surface area contributed by atoms with Crippen molar-refractivity contribution in [2.75, 3.05) is 0 Å². The van der Waals surface area contributed by atoms with Crippen molar-refractivity contribution in [3.63, 3.8) is 0 Å². The number of hydrogen-bond donors (Lipinski definition) is 3. The van der Waals surface area contributed by atoms with Gasteiger partial charge in [-0.05, 0) is 48.0 Å². The molecule has 0 aliphatic carbocycles. The number of hydrogen-bond acceptors (Lipinski definition) is 4. The predicted octanol–water partition coefficient (Wildman–Crippen LogP) is 1.11. The molecule has 0 radical (unpaired) electrons. The van der Waals surface area contributed by atoms with Gasteiger partial charge >= 0.3 is 13.1 Å². The molecular weight excluding hydrogens is 333 g/mol. The van der Waals surface area contributed by atoms with Crippen molar-refractivity contribution in [2.24, 2.45) is 0 Å². The fourth-order valence-electron chi connectivity index (χ4n) is 3.01. The minimum absolute atomic E-state index is 0.301. The quantitative estimate of drug-likeness (QED) is 0.648. The van der Waals surface area contributed by atoms with Crippen LogP contribution in [0.1, 0.15) is 34.3 Å². The van der Waals surface area contributed by atoms with Crippen molar-refractivity contribution in [1.29, 1.82) is 0 Å². The van der Waals surface area contributed by atoms with E-state index in [-0.39, 0.29) is 0 Å². The third-order valence-corrected chi connectivity index (χ3v) is 4.48. The Morgan fingerprint density at radius 1 is 1.19 bits per heavy atom. The Morgan fingerprint density at radius 2 is 1.96 bits per heavy atom. The van der Waals surface area contributed by atoms with E-state index in [0.717, 1.165) is 17.5 Å². The van der Waals surface area contributed by atoms with Gasteiger partial charge in [0.25, 0.3) is 5.91 Å². The van der Waals surface area contributed by atoms with Crippen molar-refractivity contribution in [1.82, 2.24) is 5.32 Å². The second-order valence-corrected chi connectivity index (χ2v) is 6.32. The Morgan fingerprint density at radius 3 is 2.69 bits per heavy atom. The molecule has 26 heavy (non-hydrogen) atoms. The van der Waals surface area contributed by atoms with E-state index < -0.39 is 25.0 Å². The number of aryl methyl sites for hydroxylation is 1. The topological polar surface area (TPSA) is 95.9 Å². The summed E-state index contributed by atoms with van der Waals surface area (Å²) in [4.78, 5) is 23.9. The van der Waals surface area contributed by atoms with Gasteiger partial charge in [-0.3, -0.25) is 4.79 Å². The summed E-state index contributed by atoms with van der Waals surface area (Å²) in [6.45, 7) is 0.301. The van der Waals surface area contributed by atoms with E-state index in [1.54, 1.807) is 18.2 Å². The van der Waals surface area contributed by atoms with E-state index in [1.807, 2.05) is 30.3 Å². The zero-order chi connectivity index (χ0) is 18.5. The first kappa shape index (κ1) is 18.2. The molecule has 7 heteroatoms. The van der Waals surface area contributed by atoms with Crippen molar-refractivity contribution in [3.05, 3.63) is 65.2 Å². The minimum atomic E-state index is -1.06. The van der Waals surface area contributed by atoms with Crippen molar-refractivity contribution in [3.8, 4) is 0 Å². The predicted molar refractivity (Wildman–Crippen MR) is 97.1 cm³/mol. The summed E-state index contributed by atoms with van der Waals surface area (Å²) in [5.41, 5.74) is 2.82. The summed E-state index contributed by atoms with van der Waals surface area (Å²) >= 11 is 0. The molecule has 1 amide bonds. The van der Waals surface area contributed by atoms with Crippen LogP contribution in [0.3, 0.4) is 0 Å². The largest absolute Gasteiger partial charge is 0.491 e. The van der Waals surface area contributed by atoms with Gasteiger partial charge in [0.2, 0.25) is 0 Å². The summed E-state index contributed by atoms with van der Waals surface area (Å²) in [5.74, 6) is -1.53. The average Bonchev–Trinajstić information content (AvgIpc) is 3.02. The lowest BCUT2D eigenvalue weighted by Gasteiger charge is -2.15. The van der Waals surface area contributed by atoms with Crippen LogP contribution in [0.2, 0.25) is 0 Å². The number of fused-ring (bicyclic) bond motifs is 1. The molecule has 2 aromatic carbocycles. The molecule has 1 unspecified atom stereocenters. The number of nitrogens with one attached hydrogen (secondary N) is 1. The van der Waals surface area contributed by atoms with Crippen molar-refractivity contribution in [2.45, 2.75) is 31.9 Å². The highest BCUT2D eigenvalue weighted by Gasteiger charge is 2.28. The van der Waals surface area contributed by atoms with Gasteiger partial charge < -0.3 is 20.1 Å². The molecule has 0 saturated carbocycles. The van der Waals surface area contributed by atoms with Crippen LogP contribution in [0.5, 0.6) is 0 Å². The van der Waals surface area contributed by atoms with E-state index in [2.05, 4.69) is 5.32 Å². The number of carboxylic acids is 1. The van der Waals surface area contributed by atoms with Gasteiger partial charge in [-0.1, -0.05) is 36.4 Å². The van der Waals surface area contributed by atoms with E-state index in [1.165, 1.54) is 0 Å². The van der Waals surface area contributed by atoms with Gasteiger partial charge in [-0.25, -0.2) is 4.79 Å². The summed E-state index contributed by atoms with van der Waals surface area (Å²) in [5, 5.41) is 21.7. The van der Waals surface area contributed by atoms with Crippen LogP contribution in [-0.4, -0.2) is 35.2 Å². The van der Waals surface area contributed by atoms with Crippen LogP contribution in [0.25, 0.3) is 0 Å². The van der Waals surface area contributed by atoms with Gasteiger partial charge in [-0.15, -0.1) is 0 Å². The number of aliphatic carboxylic acids is 1. The number of rotatable bonds is 7. The Hall–Kier alpha value is -2.64. The average molecular weight is 353 g/mol. The van der Waals surface area contributed by atoms with Gasteiger partial charge in [0.15, 0.2) is 0 Å². The second-order valence-electron chi connectivity index (χ2n) is 6.32. The lowest BCUT2D eigenvalue weighted by atomic mass is 9.79. The Balaban J connectivity index is 1.60. The van der Waals surface area contributed by atoms with Crippen LogP contribution < -0.4 is 10.8 Å². The number of carboxylic acid groups (broad SMARTS) is 1. The van der Waals surface area contributed by atoms with Crippen molar-refractivity contribution < 1.29 is 24.4 Å². The molecule has 1 aliphatic heterocycles. The Kier molecular flexibility index (Phi) is 5.70. The number of carbonyl (C=O) groups excluding carboxylic acids is 1. The molecule has 0 fully saturated rings. The van der Waals surface area contributed by atoms with Gasteiger partial charge in [0, 0.05) is 5.56 Å². The minimum Gasteiger partial charge on any atom is -0.480 e. The molecule has 6 nitrogen and oxygen atoms in total. The summed E-state index contributed by atoms with van der Waals surface area (Å²) < 4.78 is 5.10. The van der Waals surface area contributed by atoms with Gasteiger partial charge in [0.1, 0.15) is 6.04 Å². The third kappa shape index (κ3) is 4.31. The summed E-state index contributed by atoms with van der Waals surface area (Å²) in [7, 11) is -1.04. The SMILES string of the molecule is O=C(NC(CCCc1ccccc1)C(=O)O)c1ccc2c(c1)B(O)OC2. The maximum atomic E-state index is 12.4. The summed E-state index contributed by atoms with van der Waals surface area (Å²) in [6.07, 6.45) is 1.74. The van der Waals surface area contributed by atoms with E-state index >= 15 is 0 Å². The van der Waals surface area contributed by atoms with Gasteiger partial charge in [-0.2, -0.15) is 0 Å². The molecule has 134 valence electrons. The van der Waals surface area contributed by atoms with E-state index in [4.69, 9.17) is 4.65 Å². The zero-order valence-corrected chi connectivity index (χ0v) is 14.2. The highest BCUT2D eigenvalue weighted by atomic mass is 16.5. The second kappa shape index (κ2) is 8.16. The van der Waals surface area contributed by atoms with Crippen LogP contribution in [0, 0.1) is 0 Å². The first-order valence-electron chi connectivity index (χ1n) is 8.54. The summed E-state index contributed by atoms with van der Waals surface area (Å²) in [6, 6.07) is 13.7. The highest BCUT2D eigenvalue weighted by molar-refractivity contribution is 6.61. The molecule has 1 aliphatic rings. The lowest BCUT2D eigenvalue weighted by molar-refractivity contribution is -0.139.